The van der Waals surface area contributed by atoms with Crippen molar-refractivity contribution in [1.82, 2.24) is 24.8 Å². The number of nitrogens with zero attached hydrogens (tertiary/aromatic N) is 4. The van der Waals surface area contributed by atoms with Gasteiger partial charge in [-0.3, -0.25) is 9.69 Å². The van der Waals surface area contributed by atoms with E-state index in [-0.39, 0.29) is 11.8 Å². The van der Waals surface area contributed by atoms with E-state index >= 15 is 0 Å². The minimum absolute atomic E-state index is 0.228. The number of aromatic nitrogens is 3. The van der Waals surface area contributed by atoms with Crippen LogP contribution in [-0.4, -0.2) is 45.0 Å². The fourth-order valence-electron chi connectivity index (χ4n) is 4.94. The monoisotopic (exact) mass is 445 g/mol. The normalized spacial score (nSPS) is 17.2. The number of carbonyl (C=O) groups excluding carboxylic acids is 1. The topological polar surface area (TPSA) is 63.1 Å². The number of nitrogens with one attached hydrogen (secondary N) is 1. The Bertz CT molecular complexity index is 1080. The number of rotatable bonds is 9. The number of likely N-dealkylation sites (tertiary alicyclic amines) is 1. The molecule has 0 spiro atoms. The third-order valence-corrected chi connectivity index (χ3v) is 7.11. The van der Waals surface area contributed by atoms with Crippen LogP contribution in [0.25, 0.3) is 11.0 Å². The van der Waals surface area contributed by atoms with Crippen LogP contribution in [0.2, 0.25) is 0 Å². The summed E-state index contributed by atoms with van der Waals surface area (Å²) in [5, 5.41) is 4.15. The van der Waals surface area contributed by atoms with E-state index in [2.05, 4.69) is 56.3 Å². The van der Waals surface area contributed by atoms with Crippen molar-refractivity contribution >= 4 is 16.9 Å². The molecule has 6 heteroatoms. The van der Waals surface area contributed by atoms with Crippen molar-refractivity contribution in [3.8, 4) is 0 Å². The molecule has 2 aromatic heterocycles. The number of carbonyl (C=O) groups is 1. The van der Waals surface area contributed by atoms with E-state index in [0.717, 1.165) is 62.2 Å². The predicted octanol–water partition coefficient (Wildman–Crippen LogP) is 4.31. The van der Waals surface area contributed by atoms with Gasteiger partial charge in [-0.05, 0) is 62.4 Å². The molecule has 0 unspecified atom stereocenters. The smallest absolute Gasteiger partial charge is 0.223 e. The number of fused-ring (bicyclic) bond motifs is 1. The average Bonchev–Trinajstić information content (AvgIpc) is 3.19. The number of piperidine rings is 1. The number of amides is 1. The molecule has 5 rings (SSSR count). The molecule has 1 saturated heterocycles. The third kappa shape index (κ3) is 5.61. The van der Waals surface area contributed by atoms with Crippen LogP contribution in [0.15, 0.2) is 42.7 Å². The molecule has 1 N–H and O–H groups in total. The zero-order valence-corrected chi connectivity index (χ0v) is 19.5. The van der Waals surface area contributed by atoms with E-state index in [9.17, 15) is 4.79 Å². The SMILES string of the molecule is O=C(NCCCn1ccc2cnc(Cc3cccc(CN4CCCCC4)c3)nc21)C1CCC1. The molecule has 174 valence electrons. The number of aryl methyl sites for hydroxylation is 1. The van der Waals surface area contributed by atoms with E-state index in [1.807, 2.05) is 6.20 Å². The highest BCUT2D eigenvalue weighted by atomic mass is 16.1. The predicted molar refractivity (Wildman–Crippen MR) is 131 cm³/mol. The van der Waals surface area contributed by atoms with E-state index in [1.165, 1.54) is 49.9 Å². The van der Waals surface area contributed by atoms with Crippen LogP contribution in [0.1, 0.15) is 61.9 Å². The van der Waals surface area contributed by atoms with Crippen LogP contribution in [-0.2, 0) is 24.3 Å². The average molecular weight is 446 g/mol. The summed E-state index contributed by atoms with van der Waals surface area (Å²) >= 11 is 0. The van der Waals surface area contributed by atoms with Crippen LogP contribution in [0.4, 0.5) is 0 Å². The van der Waals surface area contributed by atoms with Gasteiger partial charge in [0.15, 0.2) is 0 Å². The quantitative estimate of drug-likeness (QED) is 0.499. The van der Waals surface area contributed by atoms with Crippen molar-refractivity contribution in [3.05, 3.63) is 59.7 Å². The summed E-state index contributed by atoms with van der Waals surface area (Å²) in [6.45, 7) is 5.03. The van der Waals surface area contributed by atoms with Crippen LogP contribution < -0.4 is 5.32 Å². The fraction of sp³-hybridized carbons (Fsp3) is 0.519. The molecule has 3 aromatic rings. The molecule has 0 atom stereocenters. The van der Waals surface area contributed by atoms with Crippen LogP contribution >= 0.6 is 0 Å². The van der Waals surface area contributed by atoms with E-state index in [1.54, 1.807) is 0 Å². The van der Waals surface area contributed by atoms with Gasteiger partial charge in [-0.25, -0.2) is 9.97 Å². The van der Waals surface area contributed by atoms with Crippen LogP contribution in [0.3, 0.4) is 0 Å². The molecular formula is C27H35N5O. The summed E-state index contributed by atoms with van der Waals surface area (Å²) in [6, 6.07) is 11.0. The zero-order valence-electron chi connectivity index (χ0n) is 19.5. The molecule has 1 aromatic carbocycles. The Labute approximate surface area is 196 Å². The fourth-order valence-corrected chi connectivity index (χ4v) is 4.94. The summed E-state index contributed by atoms with van der Waals surface area (Å²) in [7, 11) is 0. The second-order valence-electron chi connectivity index (χ2n) is 9.68. The first kappa shape index (κ1) is 22.1. The van der Waals surface area contributed by atoms with Gasteiger partial charge in [-0.2, -0.15) is 0 Å². The molecule has 3 heterocycles. The molecule has 1 amide bonds. The molecule has 2 fully saturated rings. The standard InChI is InChI=1S/C27H35N5O/c33-27(23-9-5-10-23)28-12-6-15-32-16-11-24-19-29-25(30-26(24)32)18-21-7-4-8-22(17-21)20-31-13-2-1-3-14-31/h4,7-8,11,16-17,19,23H,1-3,5-6,9-10,12-15,18,20H2,(H,28,33). The maximum atomic E-state index is 12.0. The van der Waals surface area contributed by atoms with Gasteiger partial charge >= 0.3 is 0 Å². The number of benzene rings is 1. The summed E-state index contributed by atoms with van der Waals surface area (Å²) in [5.41, 5.74) is 3.62. The van der Waals surface area contributed by atoms with Crippen LogP contribution in [0.5, 0.6) is 0 Å². The van der Waals surface area contributed by atoms with Gasteiger partial charge in [0, 0.05) is 49.8 Å². The summed E-state index contributed by atoms with van der Waals surface area (Å²) in [5.74, 6) is 1.34. The third-order valence-electron chi connectivity index (χ3n) is 7.11. The maximum absolute atomic E-state index is 12.0. The molecule has 1 saturated carbocycles. The molecule has 1 aliphatic carbocycles. The molecule has 0 radical (unpaired) electrons. The lowest BCUT2D eigenvalue weighted by Gasteiger charge is -2.26. The van der Waals surface area contributed by atoms with Gasteiger partial charge < -0.3 is 9.88 Å². The van der Waals surface area contributed by atoms with Crippen molar-refractivity contribution < 1.29 is 4.79 Å². The van der Waals surface area contributed by atoms with Gasteiger partial charge in [0.1, 0.15) is 11.5 Å². The molecule has 6 nitrogen and oxygen atoms in total. The first-order valence-corrected chi connectivity index (χ1v) is 12.6. The summed E-state index contributed by atoms with van der Waals surface area (Å²) < 4.78 is 2.18. The molecule has 1 aliphatic heterocycles. The first-order valence-electron chi connectivity index (χ1n) is 12.6. The van der Waals surface area contributed by atoms with Gasteiger partial charge in [0.2, 0.25) is 5.91 Å². The lowest BCUT2D eigenvalue weighted by Crippen LogP contribution is -2.35. The Hall–Kier alpha value is -2.73. The molecular weight excluding hydrogens is 410 g/mol. The maximum Gasteiger partial charge on any atom is 0.223 e. The van der Waals surface area contributed by atoms with Gasteiger partial charge in [0.05, 0.1) is 0 Å². The zero-order chi connectivity index (χ0) is 22.5. The van der Waals surface area contributed by atoms with Gasteiger partial charge in [0.25, 0.3) is 0 Å². The minimum Gasteiger partial charge on any atom is -0.356 e. The Kier molecular flexibility index (Phi) is 7.01. The second kappa shape index (κ2) is 10.5. The second-order valence-corrected chi connectivity index (χ2v) is 9.68. The highest BCUT2D eigenvalue weighted by Gasteiger charge is 2.24. The molecule has 33 heavy (non-hydrogen) atoms. The van der Waals surface area contributed by atoms with E-state index in [4.69, 9.17) is 4.98 Å². The Morgan fingerprint density at radius 1 is 1.06 bits per heavy atom. The highest BCUT2D eigenvalue weighted by molar-refractivity contribution is 5.79. The van der Waals surface area contributed by atoms with Crippen molar-refractivity contribution in [1.29, 1.82) is 0 Å². The Morgan fingerprint density at radius 2 is 1.91 bits per heavy atom. The Morgan fingerprint density at radius 3 is 2.73 bits per heavy atom. The number of hydrogen-bond acceptors (Lipinski definition) is 4. The van der Waals surface area contributed by atoms with Crippen LogP contribution in [0, 0.1) is 5.92 Å². The van der Waals surface area contributed by atoms with E-state index in [0.29, 0.717) is 0 Å². The summed E-state index contributed by atoms with van der Waals surface area (Å²) in [4.78, 5) is 24.1. The van der Waals surface area contributed by atoms with Gasteiger partial charge in [-0.15, -0.1) is 0 Å². The lowest BCUT2D eigenvalue weighted by molar-refractivity contribution is -0.127. The largest absolute Gasteiger partial charge is 0.356 e. The van der Waals surface area contributed by atoms with Gasteiger partial charge in [-0.1, -0.05) is 37.1 Å². The first-order chi connectivity index (χ1) is 16.2. The lowest BCUT2D eigenvalue weighted by atomic mass is 9.85. The van der Waals surface area contributed by atoms with E-state index < -0.39 is 0 Å². The summed E-state index contributed by atoms with van der Waals surface area (Å²) in [6.07, 6.45) is 13.0. The Balaban J connectivity index is 1.19. The van der Waals surface area contributed by atoms with Crippen molar-refractivity contribution in [2.75, 3.05) is 19.6 Å². The molecule has 0 bridgehead atoms. The van der Waals surface area contributed by atoms with Crippen molar-refractivity contribution in [2.45, 2.75) is 64.5 Å². The number of hydrogen-bond donors (Lipinski definition) is 1. The molecule has 2 aliphatic rings. The van der Waals surface area contributed by atoms with Crippen molar-refractivity contribution in [2.24, 2.45) is 5.92 Å². The van der Waals surface area contributed by atoms with Crippen molar-refractivity contribution in [3.63, 3.8) is 0 Å². The minimum atomic E-state index is 0.228. The highest BCUT2D eigenvalue weighted by Crippen LogP contribution is 2.26.